The number of likely N-dealkylation sites (N-methyl/N-ethyl adjacent to an activating group) is 1. The molecule has 112 valence electrons. The first kappa shape index (κ1) is 17.7. The molecule has 3 N–H and O–H groups in total. The van der Waals surface area contributed by atoms with Crippen LogP contribution in [0.3, 0.4) is 0 Å². The molecule has 0 fully saturated rings. The molecule has 0 spiro atoms. The average Bonchev–Trinajstić information content (AvgIpc) is 2.34. The van der Waals surface area contributed by atoms with Gasteiger partial charge in [0.25, 0.3) is 0 Å². The predicted molar refractivity (Wildman–Crippen MR) is 69.9 cm³/mol. The van der Waals surface area contributed by atoms with Crippen molar-refractivity contribution in [3.63, 3.8) is 0 Å². The highest BCUT2D eigenvalue weighted by Crippen LogP contribution is 2.08. The van der Waals surface area contributed by atoms with Gasteiger partial charge in [-0.2, -0.15) is 0 Å². The van der Waals surface area contributed by atoms with Gasteiger partial charge in [0, 0.05) is 14.2 Å². The summed E-state index contributed by atoms with van der Waals surface area (Å²) < 4.78 is 4.76. The fourth-order valence-corrected chi connectivity index (χ4v) is 1.57. The summed E-state index contributed by atoms with van der Waals surface area (Å²) in [6, 6.07) is -1.46. The molecule has 7 nitrogen and oxygen atoms in total. The van der Waals surface area contributed by atoms with E-state index in [4.69, 9.17) is 9.84 Å². The molecule has 19 heavy (non-hydrogen) atoms. The zero-order valence-corrected chi connectivity index (χ0v) is 11.9. The Balaban J connectivity index is 4.43. The number of rotatable bonds is 8. The molecule has 3 atom stereocenters. The number of nitrogens with zero attached hydrogens (tertiary/aromatic N) is 1. The largest absolute Gasteiger partial charge is 0.480 e. The number of hydrogen-bond acceptors (Lipinski definition) is 4. The quantitative estimate of drug-likeness (QED) is 0.585. The van der Waals surface area contributed by atoms with Crippen LogP contribution in [0, 0.1) is 5.92 Å². The van der Waals surface area contributed by atoms with Crippen molar-refractivity contribution in [1.82, 2.24) is 10.2 Å². The summed E-state index contributed by atoms with van der Waals surface area (Å²) in [6.45, 7) is 3.81. The number of ether oxygens (including phenoxy) is 1. The third kappa shape index (κ3) is 6.40. The maximum atomic E-state index is 11.8. The van der Waals surface area contributed by atoms with E-state index in [9.17, 15) is 14.7 Å². The molecule has 0 aliphatic carbocycles. The summed E-state index contributed by atoms with van der Waals surface area (Å²) in [5.41, 5.74) is 0. The van der Waals surface area contributed by atoms with Crippen LogP contribution < -0.4 is 5.32 Å². The number of aliphatic hydroxyl groups is 1. The normalized spacial score (nSPS) is 15.4. The van der Waals surface area contributed by atoms with Crippen molar-refractivity contribution in [3.8, 4) is 0 Å². The van der Waals surface area contributed by atoms with Gasteiger partial charge in [-0.15, -0.1) is 0 Å². The van der Waals surface area contributed by atoms with Crippen molar-refractivity contribution in [2.24, 2.45) is 5.92 Å². The Morgan fingerprint density at radius 3 is 2.42 bits per heavy atom. The molecule has 2 unspecified atom stereocenters. The molecular formula is C12H24N2O5. The van der Waals surface area contributed by atoms with Gasteiger partial charge in [-0.05, 0) is 5.92 Å². The molecule has 0 aliphatic rings. The third-order valence-electron chi connectivity index (χ3n) is 2.95. The van der Waals surface area contributed by atoms with E-state index >= 15 is 0 Å². The van der Waals surface area contributed by atoms with E-state index in [-0.39, 0.29) is 19.1 Å². The lowest BCUT2D eigenvalue weighted by Crippen LogP contribution is -2.51. The van der Waals surface area contributed by atoms with Crippen LogP contribution in [0.1, 0.15) is 20.3 Å². The van der Waals surface area contributed by atoms with E-state index in [1.54, 1.807) is 6.92 Å². The van der Waals surface area contributed by atoms with Gasteiger partial charge in [-0.1, -0.05) is 20.3 Å². The molecule has 0 aromatic carbocycles. The van der Waals surface area contributed by atoms with Crippen molar-refractivity contribution >= 4 is 12.0 Å². The smallest absolute Gasteiger partial charge is 0.326 e. The van der Waals surface area contributed by atoms with Gasteiger partial charge in [-0.3, -0.25) is 0 Å². The predicted octanol–water partition coefficient (Wildman–Crippen LogP) is 0.134. The molecule has 0 saturated carbocycles. The topological polar surface area (TPSA) is 99.1 Å². The molecule has 0 rings (SSSR count). The number of aliphatic hydroxyl groups excluding tert-OH is 1. The van der Waals surface area contributed by atoms with E-state index in [1.807, 2.05) is 6.92 Å². The Hall–Kier alpha value is -1.34. The molecule has 0 bridgehead atoms. The first-order valence-electron chi connectivity index (χ1n) is 6.24. The second-order valence-corrected chi connectivity index (χ2v) is 4.64. The van der Waals surface area contributed by atoms with Crippen LogP contribution in [0.15, 0.2) is 0 Å². The number of urea groups is 1. The minimum atomic E-state index is -1.06. The first-order chi connectivity index (χ1) is 8.83. The number of carboxylic acids is 1. The first-order valence-corrected chi connectivity index (χ1v) is 6.24. The van der Waals surface area contributed by atoms with Crippen LogP contribution in [0.25, 0.3) is 0 Å². The molecule has 0 saturated heterocycles. The molecule has 0 aliphatic heterocycles. The van der Waals surface area contributed by atoms with Gasteiger partial charge >= 0.3 is 12.0 Å². The van der Waals surface area contributed by atoms with E-state index in [0.29, 0.717) is 6.42 Å². The van der Waals surface area contributed by atoms with Crippen LogP contribution in [0.2, 0.25) is 0 Å². The molecule has 0 aromatic rings. The zero-order valence-electron chi connectivity index (χ0n) is 11.9. The Morgan fingerprint density at radius 1 is 1.42 bits per heavy atom. The lowest BCUT2D eigenvalue weighted by molar-refractivity contribution is -0.140. The summed E-state index contributed by atoms with van der Waals surface area (Å²) in [4.78, 5) is 24.1. The van der Waals surface area contributed by atoms with Crippen molar-refractivity contribution in [2.45, 2.75) is 32.4 Å². The lowest BCUT2D eigenvalue weighted by Gasteiger charge is -2.25. The number of methoxy groups -OCH3 is 1. The Bertz CT molecular complexity index is 298. The molecular weight excluding hydrogens is 252 g/mol. The number of hydrogen-bond donors (Lipinski definition) is 3. The van der Waals surface area contributed by atoms with Crippen molar-refractivity contribution in [1.29, 1.82) is 0 Å². The van der Waals surface area contributed by atoms with Crippen LogP contribution >= 0.6 is 0 Å². The minimum Gasteiger partial charge on any atom is -0.480 e. The highest BCUT2D eigenvalue weighted by Gasteiger charge is 2.26. The Kier molecular flexibility index (Phi) is 8.09. The SMILES string of the molecule is CCC(C)[C@H](NC(=O)N(C)CC(O)COC)C(=O)O. The van der Waals surface area contributed by atoms with Gasteiger partial charge < -0.3 is 25.2 Å². The van der Waals surface area contributed by atoms with Gasteiger partial charge in [-0.25, -0.2) is 9.59 Å². The van der Waals surface area contributed by atoms with Gasteiger partial charge in [0.1, 0.15) is 6.04 Å². The van der Waals surface area contributed by atoms with Gasteiger partial charge in [0.2, 0.25) is 0 Å². The summed E-state index contributed by atoms with van der Waals surface area (Å²) in [6.07, 6.45) is -0.152. The van der Waals surface area contributed by atoms with Crippen LogP contribution in [-0.4, -0.2) is 66.6 Å². The zero-order chi connectivity index (χ0) is 15.0. The summed E-state index contributed by atoms with van der Waals surface area (Å²) >= 11 is 0. The monoisotopic (exact) mass is 276 g/mol. The number of aliphatic carboxylic acids is 1. The minimum absolute atomic E-state index is 0.0759. The number of carbonyl (C=O) groups is 2. The molecule has 0 aromatic heterocycles. The van der Waals surface area contributed by atoms with Crippen LogP contribution in [-0.2, 0) is 9.53 Å². The summed E-state index contributed by atoms with van der Waals surface area (Å²) in [5.74, 6) is -1.23. The second-order valence-electron chi connectivity index (χ2n) is 4.64. The molecule has 0 radical (unpaired) electrons. The number of carboxylic acid groups (broad SMARTS) is 1. The average molecular weight is 276 g/mol. The standard InChI is InChI=1S/C12H24N2O5/c1-5-8(2)10(11(16)17)13-12(18)14(3)6-9(15)7-19-4/h8-10,15H,5-7H2,1-4H3,(H,13,18)(H,16,17)/t8?,9?,10-/m0/s1. The second kappa shape index (κ2) is 8.71. The fourth-order valence-electron chi connectivity index (χ4n) is 1.57. The maximum absolute atomic E-state index is 11.8. The van der Waals surface area contributed by atoms with E-state index in [2.05, 4.69) is 5.32 Å². The van der Waals surface area contributed by atoms with Crippen molar-refractivity contribution in [2.75, 3.05) is 27.3 Å². The molecule has 0 heterocycles. The highest BCUT2D eigenvalue weighted by molar-refractivity contribution is 5.82. The van der Waals surface area contributed by atoms with E-state index < -0.39 is 24.1 Å². The lowest BCUT2D eigenvalue weighted by atomic mass is 9.99. The summed E-state index contributed by atoms with van der Waals surface area (Å²) in [5, 5.41) is 21.0. The number of amides is 2. The number of nitrogens with one attached hydrogen (secondary N) is 1. The van der Waals surface area contributed by atoms with Gasteiger partial charge in [0.15, 0.2) is 0 Å². The Morgan fingerprint density at radius 2 is 2.00 bits per heavy atom. The fraction of sp³-hybridized carbons (Fsp3) is 0.833. The molecule has 7 heteroatoms. The molecule has 2 amide bonds. The van der Waals surface area contributed by atoms with E-state index in [1.165, 1.54) is 19.1 Å². The van der Waals surface area contributed by atoms with Crippen LogP contribution in [0.5, 0.6) is 0 Å². The highest BCUT2D eigenvalue weighted by atomic mass is 16.5. The number of carbonyl (C=O) groups excluding carboxylic acids is 1. The van der Waals surface area contributed by atoms with Crippen LogP contribution in [0.4, 0.5) is 4.79 Å². The maximum Gasteiger partial charge on any atom is 0.326 e. The van der Waals surface area contributed by atoms with Crippen molar-refractivity contribution < 1.29 is 24.5 Å². The van der Waals surface area contributed by atoms with Crippen molar-refractivity contribution in [3.05, 3.63) is 0 Å². The van der Waals surface area contributed by atoms with Gasteiger partial charge in [0.05, 0.1) is 19.3 Å². The Labute approximate surface area is 113 Å². The van der Waals surface area contributed by atoms with E-state index in [0.717, 1.165) is 0 Å². The third-order valence-corrected chi connectivity index (χ3v) is 2.95. The summed E-state index contributed by atoms with van der Waals surface area (Å²) in [7, 11) is 2.94.